The molecule has 19 heavy (non-hydrogen) atoms. The van der Waals surface area contributed by atoms with E-state index in [0.717, 1.165) is 13.0 Å². The molecule has 1 saturated heterocycles. The van der Waals surface area contributed by atoms with Gasteiger partial charge >= 0.3 is 0 Å². The predicted molar refractivity (Wildman–Crippen MR) is 77.7 cm³/mol. The minimum absolute atomic E-state index is 0.0275. The van der Waals surface area contributed by atoms with Gasteiger partial charge in [-0.2, -0.15) is 0 Å². The summed E-state index contributed by atoms with van der Waals surface area (Å²) < 4.78 is 0. The summed E-state index contributed by atoms with van der Waals surface area (Å²) >= 11 is 0. The Kier molecular flexibility index (Phi) is 4.25. The van der Waals surface area contributed by atoms with Crippen molar-refractivity contribution in [3.05, 3.63) is 35.4 Å². The Bertz CT molecular complexity index is 456. The summed E-state index contributed by atoms with van der Waals surface area (Å²) in [4.78, 5) is 14.4. The second kappa shape index (κ2) is 5.74. The van der Waals surface area contributed by atoms with Crippen LogP contribution in [-0.4, -0.2) is 23.4 Å². The molecule has 1 heterocycles. The fraction of sp³-hybridized carbons (Fsp3) is 0.562. The Labute approximate surface area is 116 Å². The molecule has 1 amide bonds. The molecule has 2 unspecified atom stereocenters. The summed E-state index contributed by atoms with van der Waals surface area (Å²) in [5, 5.41) is 3.47. The van der Waals surface area contributed by atoms with Crippen LogP contribution in [0.3, 0.4) is 0 Å². The molecule has 2 atom stereocenters. The van der Waals surface area contributed by atoms with Crippen molar-refractivity contribution < 1.29 is 4.79 Å². The fourth-order valence-corrected chi connectivity index (χ4v) is 2.68. The summed E-state index contributed by atoms with van der Waals surface area (Å²) in [5.41, 5.74) is 2.42. The molecule has 0 bridgehead atoms. The van der Waals surface area contributed by atoms with E-state index in [0.29, 0.717) is 5.92 Å². The van der Waals surface area contributed by atoms with Crippen LogP contribution in [0.1, 0.15) is 44.5 Å². The maximum Gasteiger partial charge on any atom is 0.241 e. The van der Waals surface area contributed by atoms with Gasteiger partial charge in [0, 0.05) is 6.54 Å². The second-order valence-corrected chi connectivity index (χ2v) is 5.83. The summed E-state index contributed by atoms with van der Waals surface area (Å²) in [5.74, 6) is 0.719. The van der Waals surface area contributed by atoms with Crippen molar-refractivity contribution in [3.8, 4) is 0 Å². The molecule has 0 saturated carbocycles. The highest BCUT2D eigenvalue weighted by Gasteiger charge is 2.38. The van der Waals surface area contributed by atoms with Gasteiger partial charge < -0.3 is 4.90 Å². The third-order valence-electron chi connectivity index (χ3n) is 3.58. The van der Waals surface area contributed by atoms with E-state index in [1.54, 1.807) is 0 Å². The Balaban J connectivity index is 2.28. The zero-order chi connectivity index (χ0) is 14.0. The quantitative estimate of drug-likeness (QED) is 0.903. The SMILES string of the molecule is CCC1NC(c2cccc(C)c2)N(CC(C)C)C1=O. The maximum atomic E-state index is 12.4. The summed E-state index contributed by atoms with van der Waals surface area (Å²) in [6.07, 6.45) is 0.871. The van der Waals surface area contributed by atoms with Crippen molar-refractivity contribution in [1.82, 2.24) is 10.2 Å². The van der Waals surface area contributed by atoms with Crippen molar-refractivity contribution in [2.24, 2.45) is 5.92 Å². The number of hydrogen-bond donors (Lipinski definition) is 1. The van der Waals surface area contributed by atoms with Crippen LogP contribution < -0.4 is 5.32 Å². The van der Waals surface area contributed by atoms with Crippen molar-refractivity contribution in [3.63, 3.8) is 0 Å². The van der Waals surface area contributed by atoms with E-state index in [4.69, 9.17) is 0 Å². The normalized spacial score (nSPS) is 23.4. The zero-order valence-electron chi connectivity index (χ0n) is 12.3. The zero-order valence-corrected chi connectivity index (χ0v) is 12.3. The van der Waals surface area contributed by atoms with Gasteiger partial charge in [-0.3, -0.25) is 10.1 Å². The van der Waals surface area contributed by atoms with Crippen LogP contribution >= 0.6 is 0 Å². The minimum atomic E-state index is -0.0377. The Morgan fingerprint density at radius 2 is 2.11 bits per heavy atom. The standard InChI is InChI=1S/C16H24N2O/c1-5-14-16(19)18(10-11(2)3)15(17-14)13-8-6-7-12(4)9-13/h6-9,11,14-15,17H,5,10H2,1-4H3. The van der Waals surface area contributed by atoms with E-state index in [9.17, 15) is 4.79 Å². The monoisotopic (exact) mass is 260 g/mol. The van der Waals surface area contributed by atoms with Crippen molar-refractivity contribution in [1.29, 1.82) is 0 Å². The highest BCUT2D eigenvalue weighted by molar-refractivity contribution is 5.84. The average molecular weight is 260 g/mol. The average Bonchev–Trinajstić information content (AvgIpc) is 2.66. The number of nitrogens with zero attached hydrogens (tertiary/aromatic N) is 1. The smallest absolute Gasteiger partial charge is 0.241 e. The van der Waals surface area contributed by atoms with Crippen LogP contribution in [0, 0.1) is 12.8 Å². The molecule has 0 aliphatic carbocycles. The lowest BCUT2D eigenvalue weighted by molar-refractivity contribution is -0.130. The first-order chi connectivity index (χ1) is 9.02. The number of rotatable bonds is 4. The Morgan fingerprint density at radius 1 is 1.37 bits per heavy atom. The Hall–Kier alpha value is -1.35. The van der Waals surface area contributed by atoms with Crippen LogP contribution in [0.5, 0.6) is 0 Å². The van der Waals surface area contributed by atoms with E-state index < -0.39 is 0 Å². The van der Waals surface area contributed by atoms with Crippen LogP contribution in [0.25, 0.3) is 0 Å². The highest BCUT2D eigenvalue weighted by Crippen LogP contribution is 2.27. The van der Waals surface area contributed by atoms with Gasteiger partial charge in [-0.05, 0) is 24.8 Å². The van der Waals surface area contributed by atoms with E-state index in [2.05, 4.69) is 57.3 Å². The van der Waals surface area contributed by atoms with Gasteiger partial charge in [0.2, 0.25) is 5.91 Å². The van der Waals surface area contributed by atoms with Gasteiger partial charge in [0.25, 0.3) is 0 Å². The van der Waals surface area contributed by atoms with Gasteiger partial charge in [0.15, 0.2) is 0 Å². The van der Waals surface area contributed by atoms with E-state index in [-0.39, 0.29) is 18.1 Å². The molecule has 3 heteroatoms. The van der Waals surface area contributed by atoms with Crippen LogP contribution in [0.4, 0.5) is 0 Å². The van der Waals surface area contributed by atoms with Crippen LogP contribution in [-0.2, 0) is 4.79 Å². The first kappa shape index (κ1) is 14.1. The molecular formula is C16H24N2O. The minimum Gasteiger partial charge on any atom is -0.321 e. The largest absolute Gasteiger partial charge is 0.321 e. The Morgan fingerprint density at radius 3 is 2.68 bits per heavy atom. The fourth-order valence-electron chi connectivity index (χ4n) is 2.68. The number of carbonyl (C=O) groups is 1. The van der Waals surface area contributed by atoms with Crippen molar-refractivity contribution >= 4 is 5.91 Å². The summed E-state index contributed by atoms with van der Waals surface area (Å²) in [7, 11) is 0. The van der Waals surface area contributed by atoms with E-state index >= 15 is 0 Å². The molecule has 0 aromatic heterocycles. The molecule has 1 fully saturated rings. The number of benzene rings is 1. The predicted octanol–water partition coefficient (Wildman–Crippen LogP) is 2.86. The molecule has 0 spiro atoms. The molecule has 1 N–H and O–H groups in total. The van der Waals surface area contributed by atoms with Crippen LogP contribution in [0.15, 0.2) is 24.3 Å². The van der Waals surface area contributed by atoms with Gasteiger partial charge in [-0.15, -0.1) is 0 Å². The molecule has 3 nitrogen and oxygen atoms in total. The van der Waals surface area contributed by atoms with Crippen LogP contribution in [0.2, 0.25) is 0 Å². The number of nitrogens with one attached hydrogen (secondary N) is 1. The molecule has 1 aromatic carbocycles. The maximum absolute atomic E-state index is 12.4. The van der Waals surface area contributed by atoms with Gasteiger partial charge in [-0.1, -0.05) is 50.6 Å². The van der Waals surface area contributed by atoms with Gasteiger partial charge in [0.1, 0.15) is 6.17 Å². The highest BCUT2D eigenvalue weighted by atomic mass is 16.2. The van der Waals surface area contributed by atoms with Crippen molar-refractivity contribution in [2.75, 3.05) is 6.54 Å². The number of hydrogen-bond acceptors (Lipinski definition) is 2. The molecule has 104 valence electrons. The first-order valence-electron chi connectivity index (χ1n) is 7.16. The summed E-state index contributed by atoms with van der Waals surface area (Å²) in [6.45, 7) is 9.26. The topological polar surface area (TPSA) is 32.3 Å². The summed E-state index contributed by atoms with van der Waals surface area (Å²) in [6, 6.07) is 8.37. The lowest BCUT2D eigenvalue weighted by Crippen LogP contribution is -2.34. The molecule has 1 aliphatic rings. The molecular weight excluding hydrogens is 236 g/mol. The molecule has 0 radical (unpaired) electrons. The first-order valence-corrected chi connectivity index (χ1v) is 7.16. The third kappa shape index (κ3) is 2.98. The second-order valence-electron chi connectivity index (χ2n) is 5.83. The third-order valence-corrected chi connectivity index (χ3v) is 3.58. The van der Waals surface area contributed by atoms with E-state index in [1.807, 2.05) is 4.90 Å². The van der Waals surface area contributed by atoms with Crippen molar-refractivity contribution in [2.45, 2.75) is 46.3 Å². The van der Waals surface area contributed by atoms with E-state index in [1.165, 1.54) is 11.1 Å². The lowest BCUT2D eigenvalue weighted by atomic mass is 10.1. The number of carbonyl (C=O) groups excluding carboxylic acids is 1. The number of amides is 1. The number of aryl methyl sites for hydroxylation is 1. The molecule has 1 aromatic rings. The lowest BCUT2D eigenvalue weighted by Gasteiger charge is -2.26. The molecule has 2 rings (SSSR count). The molecule has 1 aliphatic heterocycles. The van der Waals surface area contributed by atoms with Gasteiger partial charge in [-0.25, -0.2) is 0 Å². The van der Waals surface area contributed by atoms with Gasteiger partial charge in [0.05, 0.1) is 6.04 Å².